The number of hydrogen-bond donors (Lipinski definition) is 2. The maximum absolute atomic E-state index is 12.5. The average molecular weight is 441 g/mol. The minimum absolute atomic E-state index is 0.240. The predicted molar refractivity (Wildman–Crippen MR) is 126 cm³/mol. The standard InChI is InChI=1S/C26H36N2O4/c1-26(2,3)32-25(30)27-21-15-16-22(31-20-13-9-6-10-14-20)24(29)23(21)28(4)18-17-19-11-7-5-8-12-19/h5-14,21-24,29H,15-18H2,1-4H3,(H,27,30)/t21-,22-,23+,24+/m1/s1. The quantitative estimate of drug-likeness (QED) is 0.680. The van der Waals surface area contributed by atoms with Gasteiger partial charge >= 0.3 is 6.09 Å². The predicted octanol–water partition coefficient (Wildman–Crippen LogP) is 4.03. The van der Waals surface area contributed by atoms with Gasteiger partial charge in [-0.15, -0.1) is 0 Å². The average Bonchev–Trinajstić information content (AvgIpc) is 2.74. The third-order valence-electron chi connectivity index (χ3n) is 5.74. The maximum Gasteiger partial charge on any atom is 0.407 e. The van der Waals surface area contributed by atoms with Crippen molar-refractivity contribution in [2.75, 3.05) is 13.6 Å². The maximum atomic E-state index is 12.5. The van der Waals surface area contributed by atoms with Gasteiger partial charge in [0.25, 0.3) is 0 Å². The van der Waals surface area contributed by atoms with Crippen LogP contribution in [0.25, 0.3) is 0 Å². The SMILES string of the molecule is CN(CCc1ccccc1)[C@@H]1[C@@H](O)[C@H](Oc2ccccc2)CC[C@H]1NC(=O)OC(C)(C)C. The van der Waals surface area contributed by atoms with Crippen molar-refractivity contribution in [3.05, 3.63) is 66.2 Å². The molecule has 2 aromatic rings. The van der Waals surface area contributed by atoms with Gasteiger partial charge < -0.3 is 19.9 Å². The second-order valence-electron chi connectivity index (χ2n) is 9.50. The molecule has 1 fully saturated rings. The number of benzene rings is 2. The molecule has 0 saturated heterocycles. The van der Waals surface area contributed by atoms with Crippen LogP contribution in [0.5, 0.6) is 5.75 Å². The Morgan fingerprint density at radius 2 is 1.69 bits per heavy atom. The summed E-state index contributed by atoms with van der Waals surface area (Å²) in [5, 5.41) is 14.3. The zero-order valence-corrected chi connectivity index (χ0v) is 19.5. The normalized spacial score (nSPS) is 23.6. The molecule has 32 heavy (non-hydrogen) atoms. The van der Waals surface area contributed by atoms with Crippen molar-refractivity contribution >= 4 is 6.09 Å². The van der Waals surface area contributed by atoms with E-state index in [1.54, 1.807) is 0 Å². The Morgan fingerprint density at radius 3 is 2.31 bits per heavy atom. The molecule has 4 atom stereocenters. The number of aliphatic hydroxyl groups is 1. The number of ether oxygens (including phenoxy) is 2. The first kappa shape index (κ1) is 24.1. The van der Waals surface area contributed by atoms with Crippen molar-refractivity contribution in [2.24, 2.45) is 0 Å². The van der Waals surface area contributed by atoms with Crippen LogP contribution in [0.15, 0.2) is 60.7 Å². The first-order chi connectivity index (χ1) is 15.2. The van der Waals surface area contributed by atoms with E-state index in [9.17, 15) is 9.90 Å². The molecule has 174 valence electrons. The lowest BCUT2D eigenvalue weighted by atomic mass is 9.84. The van der Waals surface area contributed by atoms with Gasteiger partial charge in [0.2, 0.25) is 0 Å². The van der Waals surface area contributed by atoms with Gasteiger partial charge in [0.15, 0.2) is 0 Å². The van der Waals surface area contributed by atoms with E-state index < -0.39 is 17.8 Å². The zero-order chi connectivity index (χ0) is 23.1. The monoisotopic (exact) mass is 440 g/mol. The number of rotatable bonds is 7. The third kappa shape index (κ3) is 6.97. The highest BCUT2D eigenvalue weighted by molar-refractivity contribution is 5.68. The van der Waals surface area contributed by atoms with Gasteiger partial charge in [-0.1, -0.05) is 48.5 Å². The molecule has 2 aromatic carbocycles. The highest BCUT2D eigenvalue weighted by atomic mass is 16.6. The molecule has 0 aromatic heterocycles. The lowest BCUT2D eigenvalue weighted by molar-refractivity contribution is -0.0610. The van der Waals surface area contributed by atoms with E-state index in [-0.39, 0.29) is 18.2 Å². The summed E-state index contributed by atoms with van der Waals surface area (Å²) in [6.07, 6.45) is 0.610. The van der Waals surface area contributed by atoms with Gasteiger partial charge in [-0.2, -0.15) is 0 Å². The minimum atomic E-state index is -0.760. The van der Waals surface area contributed by atoms with Crippen LogP contribution in [-0.4, -0.2) is 59.6 Å². The smallest absolute Gasteiger partial charge is 0.407 e. The molecule has 0 bridgehead atoms. The van der Waals surface area contributed by atoms with Crippen molar-refractivity contribution in [1.29, 1.82) is 0 Å². The van der Waals surface area contributed by atoms with Crippen LogP contribution in [0.1, 0.15) is 39.2 Å². The van der Waals surface area contributed by atoms with Crippen molar-refractivity contribution in [3.8, 4) is 5.75 Å². The Hall–Kier alpha value is -2.57. The van der Waals surface area contributed by atoms with Gasteiger partial charge in [0, 0.05) is 6.54 Å². The highest BCUT2D eigenvalue weighted by Gasteiger charge is 2.43. The number of nitrogens with one attached hydrogen (secondary N) is 1. The topological polar surface area (TPSA) is 71.0 Å². The number of amides is 1. The molecule has 0 spiro atoms. The van der Waals surface area contributed by atoms with Crippen LogP contribution in [-0.2, 0) is 11.2 Å². The molecule has 3 rings (SSSR count). The number of likely N-dealkylation sites (N-methyl/N-ethyl adjacent to an activating group) is 1. The highest BCUT2D eigenvalue weighted by Crippen LogP contribution is 2.28. The minimum Gasteiger partial charge on any atom is -0.488 e. The number of para-hydroxylation sites is 1. The summed E-state index contributed by atoms with van der Waals surface area (Å²) in [7, 11) is 1.99. The molecule has 1 aliphatic rings. The van der Waals surface area contributed by atoms with Crippen molar-refractivity contribution in [3.63, 3.8) is 0 Å². The fourth-order valence-corrected chi connectivity index (χ4v) is 4.23. The second kappa shape index (κ2) is 10.8. The lowest BCUT2D eigenvalue weighted by Crippen LogP contribution is -2.63. The molecule has 1 aliphatic carbocycles. The van der Waals surface area contributed by atoms with Gasteiger partial charge in [0.1, 0.15) is 23.6 Å². The molecular weight excluding hydrogens is 404 g/mol. The van der Waals surface area contributed by atoms with Gasteiger partial charge in [-0.05, 0) is 64.8 Å². The molecular formula is C26H36N2O4. The van der Waals surface area contributed by atoms with Crippen LogP contribution in [0, 0.1) is 0 Å². The van der Waals surface area contributed by atoms with E-state index in [0.29, 0.717) is 12.8 Å². The molecule has 6 heteroatoms. The summed E-state index contributed by atoms with van der Waals surface area (Å²) in [6.45, 7) is 6.27. The van der Waals surface area contributed by atoms with Gasteiger partial charge in [-0.25, -0.2) is 4.79 Å². The fourth-order valence-electron chi connectivity index (χ4n) is 4.23. The first-order valence-corrected chi connectivity index (χ1v) is 11.4. The number of carbonyl (C=O) groups is 1. The molecule has 1 saturated carbocycles. The number of carbonyl (C=O) groups excluding carboxylic acids is 1. The van der Waals surface area contributed by atoms with E-state index in [4.69, 9.17) is 9.47 Å². The summed E-state index contributed by atoms with van der Waals surface area (Å²) >= 11 is 0. The Morgan fingerprint density at radius 1 is 1.06 bits per heavy atom. The number of hydrogen-bond acceptors (Lipinski definition) is 5. The largest absolute Gasteiger partial charge is 0.488 e. The van der Waals surface area contributed by atoms with Gasteiger partial charge in [-0.3, -0.25) is 4.90 Å². The Kier molecular flexibility index (Phi) is 8.15. The van der Waals surface area contributed by atoms with Crippen molar-refractivity contribution in [1.82, 2.24) is 10.2 Å². The van der Waals surface area contributed by atoms with E-state index in [1.165, 1.54) is 5.56 Å². The Balaban J connectivity index is 1.72. The van der Waals surface area contributed by atoms with Crippen LogP contribution >= 0.6 is 0 Å². The molecule has 0 unspecified atom stereocenters. The van der Waals surface area contributed by atoms with Crippen LogP contribution < -0.4 is 10.1 Å². The molecule has 0 aliphatic heterocycles. The summed E-state index contributed by atoms with van der Waals surface area (Å²) in [5.41, 5.74) is 0.656. The number of nitrogens with zero attached hydrogens (tertiary/aromatic N) is 1. The van der Waals surface area contributed by atoms with Gasteiger partial charge in [0.05, 0.1) is 12.1 Å². The van der Waals surface area contributed by atoms with E-state index in [0.717, 1.165) is 18.7 Å². The lowest BCUT2D eigenvalue weighted by Gasteiger charge is -2.44. The van der Waals surface area contributed by atoms with Crippen LogP contribution in [0.3, 0.4) is 0 Å². The van der Waals surface area contributed by atoms with E-state index in [1.807, 2.05) is 76.3 Å². The molecule has 6 nitrogen and oxygen atoms in total. The van der Waals surface area contributed by atoms with E-state index in [2.05, 4.69) is 22.3 Å². The second-order valence-corrected chi connectivity index (χ2v) is 9.50. The molecule has 0 heterocycles. The summed E-state index contributed by atoms with van der Waals surface area (Å²) in [5.74, 6) is 0.737. The molecule has 1 amide bonds. The number of aliphatic hydroxyl groups excluding tert-OH is 1. The first-order valence-electron chi connectivity index (χ1n) is 11.4. The fraction of sp³-hybridized carbons (Fsp3) is 0.500. The number of alkyl carbamates (subject to hydrolysis) is 1. The van der Waals surface area contributed by atoms with Crippen LogP contribution in [0.4, 0.5) is 4.79 Å². The summed E-state index contributed by atoms with van der Waals surface area (Å²) in [4.78, 5) is 14.6. The van der Waals surface area contributed by atoms with E-state index >= 15 is 0 Å². The Labute approximate surface area is 191 Å². The Bertz CT molecular complexity index is 838. The molecule has 2 N–H and O–H groups in total. The summed E-state index contributed by atoms with van der Waals surface area (Å²) in [6, 6.07) is 19.3. The van der Waals surface area contributed by atoms with Crippen molar-refractivity contribution < 1.29 is 19.4 Å². The summed E-state index contributed by atoms with van der Waals surface area (Å²) < 4.78 is 11.6. The van der Waals surface area contributed by atoms with Crippen molar-refractivity contribution in [2.45, 2.75) is 69.9 Å². The van der Waals surface area contributed by atoms with Crippen LogP contribution in [0.2, 0.25) is 0 Å². The molecule has 0 radical (unpaired) electrons. The third-order valence-corrected chi connectivity index (χ3v) is 5.74. The zero-order valence-electron chi connectivity index (χ0n) is 19.5.